The number of ketones is 1. The van der Waals surface area contributed by atoms with E-state index in [1.165, 1.54) is 6.92 Å². The average Bonchev–Trinajstić information content (AvgIpc) is 2.58. The van der Waals surface area contributed by atoms with Gasteiger partial charge in [-0.3, -0.25) is 4.79 Å². The zero-order valence-electron chi connectivity index (χ0n) is 8.97. The molecule has 2 rings (SSSR count). The maximum absolute atomic E-state index is 12.5. The molecule has 0 unspecified atom stereocenters. The van der Waals surface area contributed by atoms with Crippen LogP contribution in [-0.4, -0.2) is 5.78 Å². The molecule has 90 valence electrons. The molecule has 1 nitrogen and oxygen atoms in total. The molecule has 0 radical (unpaired) electrons. The average molecular weight is 258 g/mol. The molecule has 0 amide bonds. The predicted octanol–water partition coefficient (Wildman–Crippen LogP) is 4.05. The van der Waals surface area contributed by atoms with E-state index in [2.05, 4.69) is 0 Å². The molecule has 1 heterocycles. The number of Topliss-reactive ketones (excluding diaryl/α,β-unsaturated/α-hetero) is 1. The van der Waals surface area contributed by atoms with Gasteiger partial charge in [-0.25, -0.2) is 0 Å². The molecule has 0 N–H and O–H groups in total. The lowest BCUT2D eigenvalue weighted by molar-refractivity contribution is -0.134. The minimum atomic E-state index is -4.30. The molecule has 0 aliphatic rings. The van der Waals surface area contributed by atoms with E-state index in [0.717, 1.165) is 23.0 Å². The maximum atomic E-state index is 12.5. The van der Waals surface area contributed by atoms with Crippen molar-refractivity contribution in [2.24, 2.45) is 0 Å². The summed E-state index contributed by atoms with van der Waals surface area (Å²) in [7, 11) is 0. The Morgan fingerprint density at radius 1 is 1.29 bits per heavy atom. The van der Waals surface area contributed by atoms with Crippen molar-refractivity contribution in [3.8, 4) is 0 Å². The van der Waals surface area contributed by atoms with Gasteiger partial charge in [-0.15, -0.1) is 11.3 Å². The van der Waals surface area contributed by atoms with E-state index in [9.17, 15) is 18.0 Å². The highest BCUT2D eigenvalue weighted by Crippen LogP contribution is 2.38. The van der Waals surface area contributed by atoms with Gasteiger partial charge in [0.05, 0.1) is 0 Å². The molecule has 0 saturated carbocycles. The van der Waals surface area contributed by atoms with Gasteiger partial charge in [-0.05, 0) is 36.1 Å². The van der Waals surface area contributed by atoms with Crippen LogP contribution in [0, 0.1) is 0 Å². The van der Waals surface area contributed by atoms with Crippen molar-refractivity contribution in [2.75, 3.05) is 0 Å². The summed E-state index contributed by atoms with van der Waals surface area (Å²) in [6, 6.07) is 6.10. The molecule has 0 atom stereocenters. The molecule has 0 spiro atoms. The molecule has 0 aliphatic heterocycles. The van der Waals surface area contributed by atoms with Crippen molar-refractivity contribution >= 4 is 27.2 Å². The van der Waals surface area contributed by atoms with Crippen molar-refractivity contribution < 1.29 is 18.0 Å². The van der Waals surface area contributed by atoms with Gasteiger partial charge in [0.25, 0.3) is 0 Å². The van der Waals surface area contributed by atoms with Gasteiger partial charge in [0, 0.05) is 11.1 Å². The monoisotopic (exact) mass is 258 g/mol. The molecule has 5 heteroatoms. The van der Waals surface area contributed by atoms with E-state index in [0.29, 0.717) is 10.1 Å². The lowest BCUT2D eigenvalue weighted by atomic mass is 10.1. The second-order valence-electron chi connectivity index (χ2n) is 3.86. The molecular formula is C12H9F3OS. The normalized spacial score (nSPS) is 12.0. The molecule has 1 aromatic heterocycles. The Hall–Kier alpha value is -1.36. The van der Waals surface area contributed by atoms with Crippen molar-refractivity contribution in [3.63, 3.8) is 0 Å². The second kappa shape index (κ2) is 4.14. The van der Waals surface area contributed by atoms with Gasteiger partial charge in [-0.2, -0.15) is 13.2 Å². The number of carbonyl (C=O) groups excluding carboxylic acids is 1. The van der Waals surface area contributed by atoms with E-state index in [-0.39, 0.29) is 12.2 Å². The van der Waals surface area contributed by atoms with Crippen LogP contribution < -0.4 is 0 Å². The molecule has 2 aromatic rings. The second-order valence-corrected chi connectivity index (χ2v) is 4.94. The summed E-state index contributed by atoms with van der Waals surface area (Å²) in [5.74, 6) is -0.00405. The Kier molecular flexibility index (Phi) is 2.95. The van der Waals surface area contributed by atoms with E-state index in [4.69, 9.17) is 0 Å². The first-order valence-corrected chi connectivity index (χ1v) is 5.77. The zero-order valence-corrected chi connectivity index (χ0v) is 9.78. The lowest BCUT2D eigenvalue weighted by Gasteiger charge is -1.99. The summed E-state index contributed by atoms with van der Waals surface area (Å²) in [5.41, 5.74) is 0.747. The van der Waals surface area contributed by atoms with Crippen molar-refractivity contribution in [2.45, 2.75) is 19.5 Å². The van der Waals surface area contributed by atoms with E-state index in [1.807, 2.05) is 0 Å². The van der Waals surface area contributed by atoms with Crippen LogP contribution in [-0.2, 0) is 17.4 Å². The zero-order chi connectivity index (χ0) is 12.6. The summed E-state index contributed by atoms with van der Waals surface area (Å²) in [4.78, 5) is 10.3. The summed E-state index contributed by atoms with van der Waals surface area (Å²) in [6.45, 7) is 1.46. The number of thiophene rings is 1. The SMILES string of the molecule is CC(=O)Cc1ccc2sc(C(F)(F)F)cc2c1. The van der Waals surface area contributed by atoms with Crippen LogP contribution in [0.15, 0.2) is 24.3 Å². The van der Waals surface area contributed by atoms with Gasteiger partial charge in [0.2, 0.25) is 0 Å². The summed E-state index contributed by atoms with van der Waals surface area (Å²) >= 11 is 0.722. The Morgan fingerprint density at radius 2 is 2.00 bits per heavy atom. The van der Waals surface area contributed by atoms with Crippen LogP contribution in [0.1, 0.15) is 17.4 Å². The Labute approximate surface area is 99.9 Å². The fraction of sp³-hybridized carbons (Fsp3) is 0.250. The number of rotatable bonds is 2. The summed E-state index contributed by atoms with van der Waals surface area (Å²) < 4.78 is 38.1. The fourth-order valence-electron chi connectivity index (χ4n) is 1.63. The minimum absolute atomic E-state index is 0.00405. The number of hydrogen-bond acceptors (Lipinski definition) is 2. The number of carbonyl (C=O) groups is 1. The molecule has 17 heavy (non-hydrogen) atoms. The number of halogens is 3. The summed E-state index contributed by atoms with van der Waals surface area (Å²) in [5, 5.41) is 0.543. The highest BCUT2D eigenvalue weighted by atomic mass is 32.1. The highest BCUT2D eigenvalue weighted by Gasteiger charge is 2.32. The maximum Gasteiger partial charge on any atom is 0.425 e. The number of fused-ring (bicyclic) bond motifs is 1. The number of hydrogen-bond donors (Lipinski definition) is 0. The van der Waals surface area contributed by atoms with Crippen LogP contribution in [0.3, 0.4) is 0 Å². The highest BCUT2D eigenvalue weighted by molar-refractivity contribution is 7.19. The number of alkyl halides is 3. The minimum Gasteiger partial charge on any atom is -0.300 e. The molecule has 0 fully saturated rings. The molecule has 1 aromatic carbocycles. The smallest absolute Gasteiger partial charge is 0.300 e. The van der Waals surface area contributed by atoms with Gasteiger partial charge in [-0.1, -0.05) is 6.07 Å². The number of benzene rings is 1. The van der Waals surface area contributed by atoms with Crippen molar-refractivity contribution in [3.05, 3.63) is 34.7 Å². The largest absolute Gasteiger partial charge is 0.425 e. The quantitative estimate of drug-likeness (QED) is 0.794. The third kappa shape index (κ3) is 2.66. The van der Waals surface area contributed by atoms with E-state index < -0.39 is 11.1 Å². The van der Waals surface area contributed by atoms with Crippen LogP contribution in [0.2, 0.25) is 0 Å². The Bertz CT molecular complexity index is 569. The van der Waals surface area contributed by atoms with Crippen molar-refractivity contribution in [1.82, 2.24) is 0 Å². The molecule has 0 aliphatic carbocycles. The fourth-order valence-corrected chi connectivity index (χ4v) is 2.54. The first-order valence-electron chi connectivity index (χ1n) is 4.95. The van der Waals surface area contributed by atoms with Gasteiger partial charge in [0.15, 0.2) is 0 Å². The van der Waals surface area contributed by atoms with Crippen LogP contribution in [0.25, 0.3) is 10.1 Å². The molecule has 0 bridgehead atoms. The summed E-state index contributed by atoms with van der Waals surface area (Å²) in [6.07, 6.45) is -4.04. The predicted molar refractivity (Wildman–Crippen MR) is 61.2 cm³/mol. The molecular weight excluding hydrogens is 249 g/mol. The van der Waals surface area contributed by atoms with E-state index in [1.54, 1.807) is 18.2 Å². The van der Waals surface area contributed by atoms with Crippen LogP contribution in [0.5, 0.6) is 0 Å². The van der Waals surface area contributed by atoms with Gasteiger partial charge < -0.3 is 0 Å². The van der Waals surface area contributed by atoms with Gasteiger partial charge >= 0.3 is 6.18 Å². The van der Waals surface area contributed by atoms with Gasteiger partial charge in [0.1, 0.15) is 10.7 Å². The first-order chi connectivity index (χ1) is 7.86. The third-order valence-corrected chi connectivity index (χ3v) is 3.47. The standard InChI is InChI=1S/C12H9F3OS/c1-7(16)4-8-2-3-10-9(5-8)6-11(17-10)12(13,14)15/h2-3,5-6H,4H2,1H3. The first kappa shape index (κ1) is 12.1. The van der Waals surface area contributed by atoms with E-state index >= 15 is 0 Å². The lowest BCUT2D eigenvalue weighted by Crippen LogP contribution is -2.00. The van der Waals surface area contributed by atoms with Crippen LogP contribution >= 0.6 is 11.3 Å². The Morgan fingerprint density at radius 3 is 2.59 bits per heavy atom. The van der Waals surface area contributed by atoms with Crippen LogP contribution in [0.4, 0.5) is 13.2 Å². The third-order valence-electron chi connectivity index (χ3n) is 2.31. The van der Waals surface area contributed by atoms with Crippen molar-refractivity contribution in [1.29, 1.82) is 0 Å². The Balaban J connectivity index is 2.44. The topological polar surface area (TPSA) is 17.1 Å². The molecule has 0 saturated heterocycles.